The normalized spacial score (nSPS) is 10.6. The molecule has 0 heterocycles. The van der Waals surface area contributed by atoms with Crippen LogP contribution in [0.4, 0.5) is 5.69 Å². The van der Waals surface area contributed by atoms with Crippen molar-refractivity contribution in [1.82, 2.24) is 0 Å². The monoisotopic (exact) mass is 305 g/mol. The van der Waals surface area contributed by atoms with Crippen LogP contribution in [0.15, 0.2) is 52.3 Å². The quantitative estimate of drug-likeness (QED) is 0.660. The Bertz CT molecular complexity index is 641. The van der Waals surface area contributed by atoms with Crippen LogP contribution in [0.25, 0.3) is 0 Å². The van der Waals surface area contributed by atoms with Gasteiger partial charge in [0, 0.05) is 21.9 Å². The molecule has 0 saturated carbocycles. The van der Waals surface area contributed by atoms with Crippen LogP contribution in [0.3, 0.4) is 0 Å². The molecule has 21 heavy (non-hydrogen) atoms. The van der Waals surface area contributed by atoms with Gasteiger partial charge in [0.05, 0.1) is 11.0 Å². The zero-order valence-electron chi connectivity index (χ0n) is 11.6. The van der Waals surface area contributed by atoms with Gasteiger partial charge in [0.25, 0.3) is 0 Å². The molecule has 2 aromatic carbocycles. The van der Waals surface area contributed by atoms with Gasteiger partial charge in [-0.25, -0.2) is 0 Å². The summed E-state index contributed by atoms with van der Waals surface area (Å²) in [6.45, 7) is 3.65. The number of nitrogens with zero attached hydrogens (tertiary/aromatic N) is 1. The lowest BCUT2D eigenvalue weighted by molar-refractivity contribution is -0.386. The second-order valence-electron chi connectivity index (χ2n) is 4.65. The highest BCUT2D eigenvalue weighted by atomic mass is 32.2. The first-order chi connectivity index (χ1) is 9.95. The SMILES string of the molecule is CC(C)Oc1cc(Sc2ccc(O)cc2)ccc1[N+](=O)[O-]. The van der Waals surface area contributed by atoms with Crippen molar-refractivity contribution in [3.05, 3.63) is 52.6 Å². The fraction of sp³-hybridized carbons (Fsp3) is 0.200. The van der Waals surface area contributed by atoms with Crippen molar-refractivity contribution in [3.63, 3.8) is 0 Å². The van der Waals surface area contributed by atoms with E-state index in [4.69, 9.17) is 4.74 Å². The van der Waals surface area contributed by atoms with E-state index in [2.05, 4.69) is 0 Å². The van der Waals surface area contributed by atoms with Crippen LogP contribution in [0.5, 0.6) is 11.5 Å². The topological polar surface area (TPSA) is 72.6 Å². The molecular formula is C15H15NO4S. The Balaban J connectivity index is 2.28. The van der Waals surface area contributed by atoms with Gasteiger partial charge in [-0.3, -0.25) is 10.1 Å². The molecule has 5 nitrogen and oxygen atoms in total. The van der Waals surface area contributed by atoms with Crippen molar-refractivity contribution < 1.29 is 14.8 Å². The molecule has 2 aromatic rings. The molecule has 6 heteroatoms. The first kappa shape index (κ1) is 15.2. The van der Waals surface area contributed by atoms with Crippen molar-refractivity contribution >= 4 is 17.4 Å². The third-order valence-corrected chi connectivity index (χ3v) is 3.56. The Labute approximate surface area is 126 Å². The van der Waals surface area contributed by atoms with Crippen molar-refractivity contribution in [3.8, 4) is 11.5 Å². The molecule has 1 N–H and O–H groups in total. The van der Waals surface area contributed by atoms with Gasteiger partial charge in [-0.1, -0.05) is 11.8 Å². The molecule has 0 aliphatic heterocycles. The fourth-order valence-corrected chi connectivity index (χ4v) is 2.55. The Morgan fingerprint density at radius 2 is 1.76 bits per heavy atom. The first-order valence-corrected chi connectivity index (χ1v) is 7.19. The van der Waals surface area contributed by atoms with E-state index in [1.54, 1.807) is 36.4 Å². The number of nitro groups is 1. The molecule has 0 fully saturated rings. The molecule has 2 rings (SSSR count). The number of phenols is 1. The van der Waals surface area contributed by atoms with E-state index in [1.807, 2.05) is 13.8 Å². The Morgan fingerprint density at radius 3 is 2.33 bits per heavy atom. The second-order valence-corrected chi connectivity index (χ2v) is 5.80. The number of rotatable bonds is 5. The molecule has 0 amide bonds. The van der Waals surface area contributed by atoms with E-state index < -0.39 is 4.92 Å². The van der Waals surface area contributed by atoms with Gasteiger partial charge < -0.3 is 9.84 Å². The minimum Gasteiger partial charge on any atom is -0.508 e. The molecule has 0 radical (unpaired) electrons. The number of aromatic hydroxyl groups is 1. The maximum absolute atomic E-state index is 11.0. The van der Waals surface area contributed by atoms with Crippen molar-refractivity contribution in [2.75, 3.05) is 0 Å². The summed E-state index contributed by atoms with van der Waals surface area (Å²) >= 11 is 1.44. The standard InChI is InChI=1S/C15H15NO4S/c1-10(2)20-15-9-13(7-8-14(15)16(18)19)21-12-5-3-11(17)4-6-12/h3-10,17H,1-2H3. The van der Waals surface area contributed by atoms with Gasteiger partial charge in [0.15, 0.2) is 5.75 Å². The summed E-state index contributed by atoms with van der Waals surface area (Å²) in [6, 6.07) is 11.5. The minimum absolute atomic E-state index is 0.0428. The molecule has 0 aliphatic carbocycles. The van der Waals surface area contributed by atoms with Crippen LogP contribution in [0.1, 0.15) is 13.8 Å². The third kappa shape index (κ3) is 4.13. The Kier molecular flexibility index (Phi) is 4.70. The summed E-state index contributed by atoms with van der Waals surface area (Å²) in [6.07, 6.45) is -0.141. The predicted molar refractivity (Wildman–Crippen MR) is 81.1 cm³/mol. The van der Waals surface area contributed by atoms with Gasteiger partial charge in [0.1, 0.15) is 5.75 Å². The van der Waals surface area contributed by atoms with Crippen LogP contribution < -0.4 is 4.74 Å². The molecule has 110 valence electrons. The minimum atomic E-state index is -0.452. The maximum Gasteiger partial charge on any atom is 0.311 e. The Morgan fingerprint density at radius 1 is 1.14 bits per heavy atom. The van der Waals surface area contributed by atoms with E-state index in [0.29, 0.717) is 0 Å². The zero-order chi connectivity index (χ0) is 15.4. The number of nitro benzene ring substituents is 1. The summed E-state index contributed by atoms with van der Waals surface area (Å²) in [4.78, 5) is 12.3. The molecule has 0 spiro atoms. The molecule has 0 unspecified atom stereocenters. The summed E-state index contributed by atoms with van der Waals surface area (Å²) < 4.78 is 5.51. The van der Waals surface area contributed by atoms with Crippen LogP contribution >= 0.6 is 11.8 Å². The van der Waals surface area contributed by atoms with Gasteiger partial charge in [0.2, 0.25) is 0 Å². The van der Waals surface area contributed by atoms with Crippen LogP contribution in [0, 0.1) is 10.1 Å². The highest BCUT2D eigenvalue weighted by Crippen LogP contribution is 2.36. The molecular weight excluding hydrogens is 290 g/mol. The number of ether oxygens (including phenoxy) is 1. The molecule has 0 aliphatic rings. The average molecular weight is 305 g/mol. The highest BCUT2D eigenvalue weighted by Gasteiger charge is 2.17. The molecule has 0 bridgehead atoms. The lowest BCUT2D eigenvalue weighted by Crippen LogP contribution is -2.07. The van der Waals surface area contributed by atoms with Gasteiger partial charge in [-0.2, -0.15) is 0 Å². The van der Waals surface area contributed by atoms with Crippen molar-refractivity contribution in [2.45, 2.75) is 29.7 Å². The zero-order valence-corrected chi connectivity index (χ0v) is 12.5. The lowest BCUT2D eigenvalue weighted by Gasteiger charge is -2.11. The molecule has 0 aromatic heterocycles. The highest BCUT2D eigenvalue weighted by molar-refractivity contribution is 7.99. The van der Waals surface area contributed by atoms with Crippen molar-refractivity contribution in [1.29, 1.82) is 0 Å². The predicted octanol–water partition coefficient (Wildman–Crippen LogP) is 4.24. The van der Waals surface area contributed by atoms with E-state index in [-0.39, 0.29) is 23.3 Å². The van der Waals surface area contributed by atoms with E-state index in [0.717, 1.165) is 9.79 Å². The lowest BCUT2D eigenvalue weighted by atomic mass is 10.3. The van der Waals surface area contributed by atoms with Crippen molar-refractivity contribution in [2.24, 2.45) is 0 Å². The van der Waals surface area contributed by atoms with Gasteiger partial charge >= 0.3 is 5.69 Å². The summed E-state index contributed by atoms with van der Waals surface area (Å²) in [5.74, 6) is 0.464. The number of hydrogen-bond donors (Lipinski definition) is 1. The third-order valence-electron chi connectivity index (χ3n) is 2.56. The summed E-state index contributed by atoms with van der Waals surface area (Å²) in [5.41, 5.74) is -0.0428. The Hall–Kier alpha value is -2.21. The van der Waals surface area contributed by atoms with Gasteiger partial charge in [-0.15, -0.1) is 0 Å². The summed E-state index contributed by atoms with van der Waals surface area (Å²) in [5, 5.41) is 20.3. The van der Waals surface area contributed by atoms with Crippen LogP contribution in [-0.2, 0) is 0 Å². The molecule has 0 atom stereocenters. The maximum atomic E-state index is 11.0. The number of phenolic OH excluding ortho intramolecular Hbond substituents is 1. The largest absolute Gasteiger partial charge is 0.508 e. The van der Waals surface area contributed by atoms with Crippen LogP contribution in [-0.4, -0.2) is 16.1 Å². The van der Waals surface area contributed by atoms with Gasteiger partial charge in [-0.05, 0) is 44.2 Å². The van der Waals surface area contributed by atoms with E-state index in [9.17, 15) is 15.2 Å². The van der Waals surface area contributed by atoms with E-state index in [1.165, 1.54) is 17.8 Å². The number of hydrogen-bond acceptors (Lipinski definition) is 5. The van der Waals surface area contributed by atoms with E-state index >= 15 is 0 Å². The second kappa shape index (κ2) is 6.49. The summed E-state index contributed by atoms with van der Waals surface area (Å²) in [7, 11) is 0. The first-order valence-electron chi connectivity index (χ1n) is 6.37. The smallest absolute Gasteiger partial charge is 0.311 e. The number of benzene rings is 2. The molecule has 0 saturated heterocycles. The fourth-order valence-electron chi connectivity index (χ4n) is 1.71. The average Bonchev–Trinajstić information content (AvgIpc) is 2.40. The van der Waals surface area contributed by atoms with Crippen LogP contribution in [0.2, 0.25) is 0 Å².